The third kappa shape index (κ3) is 3.89. The molecule has 0 atom stereocenters. The molecule has 2 aromatic heterocycles. The number of ether oxygens (including phenoxy) is 2. The molecule has 4 aromatic rings. The van der Waals surface area contributed by atoms with Crippen LogP contribution in [0.3, 0.4) is 0 Å². The summed E-state index contributed by atoms with van der Waals surface area (Å²) in [5, 5.41) is 8.15. The summed E-state index contributed by atoms with van der Waals surface area (Å²) in [5.74, 6) is 0.887. The van der Waals surface area contributed by atoms with Crippen LogP contribution in [0.5, 0.6) is 11.5 Å². The molecule has 2 aromatic carbocycles. The third-order valence-corrected chi connectivity index (χ3v) is 5.38. The summed E-state index contributed by atoms with van der Waals surface area (Å²) in [6.45, 7) is 6.10. The number of carbonyl (C=O) groups excluding carboxylic acids is 1. The van der Waals surface area contributed by atoms with Crippen LogP contribution < -0.4 is 14.8 Å². The van der Waals surface area contributed by atoms with E-state index >= 15 is 0 Å². The van der Waals surface area contributed by atoms with Crippen molar-refractivity contribution >= 4 is 22.6 Å². The zero-order chi connectivity index (χ0) is 22.8. The molecule has 0 aliphatic carbocycles. The number of aromatic nitrogens is 3. The lowest BCUT2D eigenvalue weighted by Gasteiger charge is -2.14. The fourth-order valence-corrected chi connectivity index (χ4v) is 3.68. The number of amides is 1. The molecule has 0 aliphatic rings. The Hall–Kier alpha value is -3.87. The van der Waals surface area contributed by atoms with Crippen molar-refractivity contribution in [2.45, 2.75) is 26.8 Å². The van der Waals surface area contributed by atoms with Gasteiger partial charge in [0.2, 0.25) is 0 Å². The molecule has 0 aliphatic heterocycles. The van der Waals surface area contributed by atoms with Crippen LogP contribution in [0.2, 0.25) is 0 Å². The van der Waals surface area contributed by atoms with Gasteiger partial charge in [0.05, 0.1) is 42.7 Å². The largest absolute Gasteiger partial charge is 0.497 e. The molecule has 0 unspecified atom stereocenters. The first kappa shape index (κ1) is 21.4. The highest BCUT2D eigenvalue weighted by molar-refractivity contribution is 6.13. The Bertz CT molecular complexity index is 1290. The van der Waals surface area contributed by atoms with E-state index in [1.165, 1.54) is 0 Å². The molecule has 4 rings (SSSR count). The maximum atomic E-state index is 13.5. The number of methoxy groups -OCH3 is 2. The van der Waals surface area contributed by atoms with Crippen LogP contribution in [-0.2, 0) is 0 Å². The highest BCUT2D eigenvalue weighted by Crippen LogP contribution is 2.32. The Labute approximate surface area is 187 Å². The molecule has 0 saturated heterocycles. The second-order valence-corrected chi connectivity index (χ2v) is 7.81. The second kappa shape index (κ2) is 8.70. The quantitative estimate of drug-likeness (QED) is 0.452. The van der Waals surface area contributed by atoms with Gasteiger partial charge in [-0.1, -0.05) is 24.3 Å². The van der Waals surface area contributed by atoms with Gasteiger partial charge < -0.3 is 14.8 Å². The molecule has 32 heavy (non-hydrogen) atoms. The van der Waals surface area contributed by atoms with E-state index in [4.69, 9.17) is 14.5 Å². The minimum Gasteiger partial charge on any atom is -0.497 e. The Morgan fingerprint density at radius 2 is 1.84 bits per heavy atom. The average molecular weight is 431 g/mol. The van der Waals surface area contributed by atoms with E-state index in [1.54, 1.807) is 38.6 Å². The molecular weight excluding hydrogens is 404 g/mol. The van der Waals surface area contributed by atoms with Gasteiger partial charge in [0.25, 0.3) is 5.91 Å². The molecule has 0 radical (unpaired) electrons. The molecule has 7 nitrogen and oxygen atoms in total. The summed E-state index contributed by atoms with van der Waals surface area (Å²) in [6, 6.07) is 15.2. The minimum atomic E-state index is -0.276. The molecule has 1 amide bonds. The number of rotatable bonds is 6. The molecule has 0 bridgehead atoms. The number of anilines is 1. The van der Waals surface area contributed by atoms with Crippen LogP contribution in [0.4, 0.5) is 5.69 Å². The van der Waals surface area contributed by atoms with Crippen molar-refractivity contribution in [1.82, 2.24) is 14.8 Å². The summed E-state index contributed by atoms with van der Waals surface area (Å²) in [7, 11) is 3.14. The number of nitrogens with zero attached hydrogens (tertiary/aromatic N) is 3. The molecule has 0 saturated carbocycles. The lowest BCUT2D eigenvalue weighted by molar-refractivity contribution is 0.102. The average Bonchev–Trinajstić information content (AvgIpc) is 3.23. The number of fused-ring (bicyclic) bond motifs is 1. The normalized spacial score (nSPS) is 11.1. The molecule has 1 N–H and O–H groups in total. The summed E-state index contributed by atoms with van der Waals surface area (Å²) in [4.78, 5) is 18.3. The van der Waals surface area contributed by atoms with E-state index < -0.39 is 0 Å². The highest BCUT2D eigenvalue weighted by Gasteiger charge is 2.20. The van der Waals surface area contributed by atoms with Crippen molar-refractivity contribution in [3.05, 3.63) is 65.9 Å². The standard InChI is InChI=1S/C25H26N4O3/c1-15(2)29-24-20(14-26-29)19(13-21(27-24)18-9-7-6-8-16(18)3)25(30)28-22-12-17(31-4)10-11-23(22)32-5/h6-15H,1-5H3,(H,28,30). The molecular formula is C25H26N4O3. The van der Waals surface area contributed by atoms with E-state index in [2.05, 4.69) is 10.4 Å². The fraction of sp³-hybridized carbons (Fsp3) is 0.240. The summed E-state index contributed by atoms with van der Waals surface area (Å²) in [5.41, 5.74) is 4.46. The van der Waals surface area contributed by atoms with Crippen molar-refractivity contribution in [3.8, 4) is 22.8 Å². The number of aryl methyl sites for hydroxylation is 1. The smallest absolute Gasteiger partial charge is 0.256 e. The van der Waals surface area contributed by atoms with E-state index in [1.807, 2.05) is 55.8 Å². The molecule has 0 fully saturated rings. The van der Waals surface area contributed by atoms with Crippen LogP contribution in [0.1, 0.15) is 35.8 Å². The first-order chi connectivity index (χ1) is 15.4. The molecule has 2 heterocycles. The molecule has 7 heteroatoms. The van der Waals surface area contributed by atoms with Gasteiger partial charge in [-0.2, -0.15) is 5.10 Å². The van der Waals surface area contributed by atoms with Gasteiger partial charge in [-0.3, -0.25) is 4.79 Å². The maximum absolute atomic E-state index is 13.5. The lowest BCUT2D eigenvalue weighted by atomic mass is 10.0. The van der Waals surface area contributed by atoms with E-state index in [0.29, 0.717) is 33.8 Å². The Morgan fingerprint density at radius 1 is 1.06 bits per heavy atom. The monoisotopic (exact) mass is 430 g/mol. The van der Waals surface area contributed by atoms with Gasteiger partial charge in [0.15, 0.2) is 5.65 Å². The second-order valence-electron chi connectivity index (χ2n) is 7.81. The first-order valence-electron chi connectivity index (χ1n) is 10.4. The number of pyridine rings is 1. The zero-order valence-corrected chi connectivity index (χ0v) is 18.8. The van der Waals surface area contributed by atoms with Crippen LogP contribution in [0.15, 0.2) is 54.7 Å². The van der Waals surface area contributed by atoms with Crippen LogP contribution in [-0.4, -0.2) is 34.9 Å². The Morgan fingerprint density at radius 3 is 2.53 bits per heavy atom. The Kier molecular flexibility index (Phi) is 5.81. The molecule has 0 spiro atoms. The summed E-state index contributed by atoms with van der Waals surface area (Å²) < 4.78 is 12.5. The van der Waals surface area contributed by atoms with Crippen LogP contribution in [0, 0.1) is 6.92 Å². The first-order valence-corrected chi connectivity index (χ1v) is 10.4. The van der Waals surface area contributed by atoms with Crippen molar-refractivity contribution in [2.75, 3.05) is 19.5 Å². The van der Waals surface area contributed by atoms with Crippen LogP contribution >= 0.6 is 0 Å². The van der Waals surface area contributed by atoms with E-state index in [0.717, 1.165) is 16.8 Å². The third-order valence-electron chi connectivity index (χ3n) is 5.38. The van der Waals surface area contributed by atoms with E-state index in [-0.39, 0.29) is 11.9 Å². The van der Waals surface area contributed by atoms with Crippen LogP contribution in [0.25, 0.3) is 22.3 Å². The number of nitrogens with one attached hydrogen (secondary N) is 1. The summed E-state index contributed by atoms with van der Waals surface area (Å²) >= 11 is 0. The van der Waals surface area contributed by atoms with Gasteiger partial charge in [-0.05, 0) is 44.5 Å². The zero-order valence-electron chi connectivity index (χ0n) is 18.8. The fourth-order valence-electron chi connectivity index (χ4n) is 3.68. The predicted octanol–water partition coefficient (Wildman–Crippen LogP) is 5.26. The molecule has 164 valence electrons. The topological polar surface area (TPSA) is 78.3 Å². The highest BCUT2D eigenvalue weighted by atomic mass is 16.5. The summed E-state index contributed by atoms with van der Waals surface area (Å²) in [6.07, 6.45) is 1.70. The number of carbonyl (C=O) groups is 1. The van der Waals surface area contributed by atoms with Crippen molar-refractivity contribution in [1.29, 1.82) is 0 Å². The Balaban J connectivity index is 1.86. The maximum Gasteiger partial charge on any atom is 0.256 e. The van der Waals surface area contributed by atoms with E-state index in [9.17, 15) is 4.79 Å². The lowest BCUT2D eigenvalue weighted by Crippen LogP contribution is -2.14. The van der Waals surface area contributed by atoms with Gasteiger partial charge in [0, 0.05) is 17.7 Å². The minimum absolute atomic E-state index is 0.0986. The van der Waals surface area contributed by atoms with Crippen molar-refractivity contribution < 1.29 is 14.3 Å². The van der Waals surface area contributed by atoms with Crippen molar-refractivity contribution in [2.24, 2.45) is 0 Å². The van der Waals surface area contributed by atoms with Gasteiger partial charge >= 0.3 is 0 Å². The van der Waals surface area contributed by atoms with Gasteiger partial charge in [0.1, 0.15) is 11.5 Å². The van der Waals surface area contributed by atoms with Gasteiger partial charge in [-0.15, -0.1) is 0 Å². The number of hydrogen-bond acceptors (Lipinski definition) is 5. The number of benzene rings is 2. The number of hydrogen-bond donors (Lipinski definition) is 1. The van der Waals surface area contributed by atoms with Crippen molar-refractivity contribution in [3.63, 3.8) is 0 Å². The SMILES string of the molecule is COc1ccc(OC)c(NC(=O)c2cc(-c3ccccc3C)nc3c2cnn3C(C)C)c1. The van der Waals surface area contributed by atoms with Gasteiger partial charge in [-0.25, -0.2) is 9.67 Å². The predicted molar refractivity (Wildman–Crippen MR) is 126 cm³/mol.